The van der Waals surface area contributed by atoms with Gasteiger partial charge in [0.05, 0.1) is 36.4 Å². The van der Waals surface area contributed by atoms with Crippen LogP contribution in [0.2, 0.25) is 5.02 Å². The molecule has 6 nitrogen and oxygen atoms in total. The molecule has 1 unspecified atom stereocenters. The summed E-state index contributed by atoms with van der Waals surface area (Å²) in [6.07, 6.45) is 0. The zero-order valence-electron chi connectivity index (χ0n) is 18.6. The Bertz CT molecular complexity index is 1340. The van der Waals surface area contributed by atoms with E-state index in [1.165, 1.54) is 32.4 Å². The molecule has 1 N–H and O–H groups in total. The van der Waals surface area contributed by atoms with Crippen molar-refractivity contribution in [2.45, 2.75) is 13.0 Å². The standard InChI is InChI=1S/C26H21ClFNO5/c1-14-10-19(25(34-3)20(27)11-14)23(30)21-22(15-6-4-9-18(12-15)33-2)29(26(32)24(21)31)17-8-5-7-16(28)13-17/h4-13,22,30H,1-3H3/b23-21+. The number of ether oxygens (including phenoxy) is 2. The Morgan fingerprint density at radius 2 is 1.76 bits per heavy atom. The number of amides is 1. The van der Waals surface area contributed by atoms with Crippen LogP contribution in [-0.4, -0.2) is 31.0 Å². The second-order valence-corrected chi connectivity index (χ2v) is 8.16. The maximum Gasteiger partial charge on any atom is 0.300 e. The fraction of sp³-hybridized carbons (Fsp3) is 0.154. The number of carbonyl (C=O) groups excluding carboxylic acids is 2. The number of hydrogen-bond donors (Lipinski definition) is 1. The molecule has 0 spiro atoms. The van der Waals surface area contributed by atoms with Crippen LogP contribution in [0.3, 0.4) is 0 Å². The van der Waals surface area contributed by atoms with Crippen LogP contribution in [0.5, 0.6) is 11.5 Å². The van der Waals surface area contributed by atoms with Crippen LogP contribution in [0.25, 0.3) is 5.76 Å². The van der Waals surface area contributed by atoms with E-state index in [0.717, 1.165) is 11.0 Å². The summed E-state index contributed by atoms with van der Waals surface area (Å²) in [6.45, 7) is 1.77. The lowest BCUT2D eigenvalue weighted by atomic mass is 9.94. The van der Waals surface area contributed by atoms with Crippen LogP contribution in [0.15, 0.2) is 66.2 Å². The van der Waals surface area contributed by atoms with Crippen LogP contribution in [0, 0.1) is 12.7 Å². The Kier molecular flexibility index (Phi) is 6.30. The highest BCUT2D eigenvalue weighted by Crippen LogP contribution is 2.45. The topological polar surface area (TPSA) is 76.1 Å². The number of benzene rings is 3. The van der Waals surface area contributed by atoms with Crippen molar-refractivity contribution in [2.75, 3.05) is 19.1 Å². The number of anilines is 1. The summed E-state index contributed by atoms with van der Waals surface area (Å²) < 4.78 is 24.8. The average molecular weight is 482 g/mol. The predicted octanol–water partition coefficient (Wildman–Crippen LogP) is 5.43. The molecule has 0 radical (unpaired) electrons. The molecule has 0 bridgehead atoms. The summed E-state index contributed by atoms with van der Waals surface area (Å²) in [4.78, 5) is 27.7. The zero-order valence-corrected chi connectivity index (χ0v) is 19.4. The molecule has 1 amide bonds. The summed E-state index contributed by atoms with van der Waals surface area (Å²) >= 11 is 6.31. The van der Waals surface area contributed by atoms with Crippen molar-refractivity contribution in [2.24, 2.45) is 0 Å². The van der Waals surface area contributed by atoms with E-state index in [-0.39, 0.29) is 27.6 Å². The third kappa shape index (κ3) is 3.99. The highest BCUT2D eigenvalue weighted by Gasteiger charge is 2.47. The zero-order chi connectivity index (χ0) is 24.6. The SMILES string of the molecule is COc1cccc(C2/C(=C(\O)c3cc(C)cc(Cl)c3OC)C(=O)C(=O)N2c2cccc(F)c2)c1. The Morgan fingerprint density at radius 3 is 2.44 bits per heavy atom. The van der Waals surface area contributed by atoms with Gasteiger partial charge in [0, 0.05) is 5.69 Å². The van der Waals surface area contributed by atoms with Gasteiger partial charge < -0.3 is 14.6 Å². The van der Waals surface area contributed by atoms with Gasteiger partial charge in [-0.25, -0.2) is 4.39 Å². The first-order chi connectivity index (χ1) is 16.3. The van der Waals surface area contributed by atoms with Crippen LogP contribution in [-0.2, 0) is 9.59 Å². The molecule has 1 aliphatic heterocycles. The average Bonchev–Trinajstić information content (AvgIpc) is 3.08. The Labute approximate surface area is 200 Å². The quantitative estimate of drug-likeness (QED) is 0.299. The highest BCUT2D eigenvalue weighted by molar-refractivity contribution is 6.51. The largest absolute Gasteiger partial charge is 0.507 e. The first kappa shape index (κ1) is 23.3. The van der Waals surface area contributed by atoms with Gasteiger partial charge in [-0.1, -0.05) is 29.8 Å². The van der Waals surface area contributed by atoms with Crippen molar-refractivity contribution in [3.8, 4) is 11.5 Å². The van der Waals surface area contributed by atoms with Crippen LogP contribution in [0.1, 0.15) is 22.7 Å². The van der Waals surface area contributed by atoms with E-state index in [1.807, 2.05) is 0 Å². The lowest BCUT2D eigenvalue weighted by molar-refractivity contribution is -0.132. The van der Waals surface area contributed by atoms with Crippen molar-refractivity contribution in [3.05, 3.63) is 93.8 Å². The molecule has 1 fully saturated rings. The van der Waals surface area contributed by atoms with E-state index >= 15 is 0 Å². The summed E-state index contributed by atoms with van der Waals surface area (Å²) in [5.74, 6) is -2.21. The Balaban J connectivity index is 2.02. The van der Waals surface area contributed by atoms with Gasteiger partial charge in [-0.05, 0) is 60.5 Å². The number of carbonyl (C=O) groups is 2. The van der Waals surface area contributed by atoms with Crippen molar-refractivity contribution in [3.63, 3.8) is 0 Å². The van der Waals surface area contributed by atoms with Crippen LogP contribution < -0.4 is 14.4 Å². The second-order valence-electron chi connectivity index (χ2n) is 7.75. The van der Waals surface area contributed by atoms with E-state index in [0.29, 0.717) is 16.9 Å². The molecular formula is C26H21ClFNO5. The van der Waals surface area contributed by atoms with Gasteiger partial charge in [0.2, 0.25) is 0 Å². The molecule has 1 atom stereocenters. The molecule has 3 aromatic rings. The maximum absolute atomic E-state index is 14.1. The number of methoxy groups -OCH3 is 2. The first-order valence-electron chi connectivity index (χ1n) is 10.3. The van der Waals surface area contributed by atoms with Crippen molar-refractivity contribution >= 4 is 34.7 Å². The van der Waals surface area contributed by atoms with E-state index in [2.05, 4.69) is 0 Å². The maximum atomic E-state index is 14.1. The number of halogens is 2. The number of ketones is 1. The van der Waals surface area contributed by atoms with E-state index < -0.39 is 29.3 Å². The van der Waals surface area contributed by atoms with Gasteiger partial charge in [-0.3, -0.25) is 14.5 Å². The number of nitrogens with zero attached hydrogens (tertiary/aromatic N) is 1. The van der Waals surface area contributed by atoms with Gasteiger partial charge >= 0.3 is 0 Å². The van der Waals surface area contributed by atoms with E-state index in [9.17, 15) is 19.1 Å². The number of aliphatic hydroxyl groups excluding tert-OH is 1. The van der Waals surface area contributed by atoms with Crippen LogP contribution >= 0.6 is 11.6 Å². The van der Waals surface area contributed by atoms with Gasteiger partial charge in [-0.15, -0.1) is 0 Å². The summed E-state index contributed by atoms with van der Waals surface area (Å²) in [6, 6.07) is 14.3. The summed E-state index contributed by atoms with van der Waals surface area (Å²) in [7, 11) is 2.88. The lowest BCUT2D eigenvalue weighted by Gasteiger charge is -2.26. The number of aryl methyl sites for hydroxylation is 1. The van der Waals surface area contributed by atoms with Gasteiger partial charge in [-0.2, -0.15) is 0 Å². The molecule has 0 aromatic heterocycles. The van der Waals surface area contributed by atoms with Crippen molar-refractivity contribution in [1.29, 1.82) is 0 Å². The molecule has 1 aliphatic rings. The van der Waals surface area contributed by atoms with Gasteiger partial charge in [0.25, 0.3) is 11.7 Å². The minimum Gasteiger partial charge on any atom is -0.507 e. The predicted molar refractivity (Wildman–Crippen MR) is 127 cm³/mol. The molecule has 3 aromatic carbocycles. The molecular weight excluding hydrogens is 461 g/mol. The number of rotatable bonds is 5. The smallest absolute Gasteiger partial charge is 0.300 e. The van der Waals surface area contributed by atoms with Crippen LogP contribution in [0.4, 0.5) is 10.1 Å². The normalized spacial score (nSPS) is 17.2. The molecule has 174 valence electrons. The van der Waals surface area contributed by atoms with E-state index in [4.69, 9.17) is 21.1 Å². The fourth-order valence-corrected chi connectivity index (χ4v) is 4.46. The minimum atomic E-state index is -1.05. The molecule has 1 heterocycles. The fourth-order valence-electron chi connectivity index (χ4n) is 4.11. The number of Topliss-reactive ketones (excluding diaryl/α,β-unsaturated/α-hetero) is 1. The number of hydrogen-bond acceptors (Lipinski definition) is 5. The Hall–Kier alpha value is -3.84. The molecule has 0 saturated carbocycles. The first-order valence-corrected chi connectivity index (χ1v) is 10.7. The second kappa shape index (κ2) is 9.19. The van der Waals surface area contributed by atoms with Crippen molar-refractivity contribution in [1.82, 2.24) is 0 Å². The van der Waals surface area contributed by atoms with Gasteiger partial charge in [0.1, 0.15) is 23.1 Å². The summed E-state index contributed by atoms with van der Waals surface area (Å²) in [5.41, 5.74) is 1.36. The third-order valence-electron chi connectivity index (χ3n) is 5.59. The highest BCUT2D eigenvalue weighted by atomic mass is 35.5. The van der Waals surface area contributed by atoms with Gasteiger partial charge in [0.15, 0.2) is 0 Å². The summed E-state index contributed by atoms with van der Waals surface area (Å²) in [5, 5.41) is 11.6. The van der Waals surface area contributed by atoms with E-state index in [1.54, 1.807) is 43.3 Å². The Morgan fingerprint density at radius 1 is 1.03 bits per heavy atom. The lowest BCUT2D eigenvalue weighted by Crippen LogP contribution is -2.29. The minimum absolute atomic E-state index is 0.158. The van der Waals surface area contributed by atoms with Crippen molar-refractivity contribution < 1.29 is 28.6 Å². The molecule has 34 heavy (non-hydrogen) atoms. The molecule has 1 saturated heterocycles. The monoisotopic (exact) mass is 481 g/mol. The molecule has 4 rings (SSSR count). The third-order valence-corrected chi connectivity index (χ3v) is 5.87. The molecule has 8 heteroatoms. The number of aliphatic hydroxyl groups is 1. The molecule has 0 aliphatic carbocycles.